The van der Waals surface area contributed by atoms with Crippen LogP contribution >= 0.6 is 0 Å². The summed E-state index contributed by atoms with van der Waals surface area (Å²) in [5.74, 6) is 0.115. The van der Waals surface area contributed by atoms with Crippen molar-refractivity contribution in [3.63, 3.8) is 0 Å². The number of nitrogens with one attached hydrogen (secondary N) is 2. The van der Waals surface area contributed by atoms with Gasteiger partial charge in [-0.3, -0.25) is 9.59 Å². The van der Waals surface area contributed by atoms with Gasteiger partial charge < -0.3 is 16.4 Å². The van der Waals surface area contributed by atoms with Crippen LogP contribution in [0.1, 0.15) is 42.6 Å². The molecule has 0 spiro atoms. The molecule has 1 atom stereocenters. The summed E-state index contributed by atoms with van der Waals surface area (Å²) in [6, 6.07) is 4.67. The Balaban J connectivity index is 2.77. The third kappa shape index (κ3) is 5.19. The lowest BCUT2D eigenvalue weighted by molar-refractivity contribution is -0.117. The van der Waals surface area contributed by atoms with Crippen molar-refractivity contribution in [1.29, 1.82) is 0 Å². The average molecular weight is 291 g/mol. The van der Waals surface area contributed by atoms with E-state index in [4.69, 9.17) is 5.73 Å². The molecule has 0 aromatic heterocycles. The minimum atomic E-state index is -0.532. The Morgan fingerprint density at radius 1 is 1.24 bits per heavy atom. The number of rotatable bonds is 6. The minimum absolute atomic E-state index is 0.186. The van der Waals surface area contributed by atoms with Crippen molar-refractivity contribution in [2.75, 3.05) is 12.4 Å². The quantitative estimate of drug-likeness (QED) is 0.750. The van der Waals surface area contributed by atoms with E-state index in [2.05, 4.69) is 24.5 Å². The van der Waals surface area contributed by atoms with Crippen LogP contribution in [-0.4, -0.2) is 24.9 Å². The van der Waals surface area contributed by atoms with E-state index in [1.807, 2.05) is 6.92 Å². The molecule has 0 saturated heterocycles. The van der Waals surface area contributed by atoms with E-state index in [1.54, 1.807) is 25.2 Å². The highest BCUT2D eigenvalue weighted by Crippen LogP contribution is 2.17. The molecule has 1 rings (SSSR count). The Morgan fingerprint density at radius 3 is 2.48 bits per heavy atom. The monoisotopic (exact) mass is 291 g/mol. The van der Waals surface area contributed by atoms with Crippen LogP contribution in [0.3, 0.4) is 0 Å². The summed E-state index contributed by atoms with van der Waals surface area (Å²) in [4.78, 5) is 23.7. The molecule has 0 bridgehead atoms. The van der Waals surface area contributed by atoms with Gasteiger partial charge in [-0.2, -0.15) is 0 Å². The molecule has 0 aliphatic carbocycles. The van der Waals surface area contributed by atoms with Gasteiger partial charge in [-0.15, -0.1) is 0 Å². The van der Waals surface area contributed by atoms with E-state index in [0.717, 1.165) is 12.0 Å². The average Bonchev–Trinajstić information content (AvgIpc) is 2.45. The molecule has 0 radical (unpaired) electrons. The lowest BCUT2D eigenvalue weighted by atomic mass is 10.0. The summed E-state index contributed by atoms with van der Waals surface area (Å²) in [5, 5.41) is 5.37. The van der Waals surface area contributed by atoms with Crippen molar-refractivity contribution in [3.8, 4) is 0 Å². The molecule has 0 saturated carbocycles. The fraction of sp³-hybridized carbons (Fsp3) is 0.500. The molecule has 0 aliphatic rings. The second kappa shape index (κ2) is 7.78. The molecule has 0 fully saturated rings. The van der Waals surface area contributed by atoms with Crippen molar-refractivity contribution < 1.29 is 9.59 Å². The standard InChI is InChI=1S/C16H25N3O2/c1-10(2)5-8-13(17)16(21)19-14-9-12(15(20)18-4)7-6-11(14)3/h6-7,9-10,13H,5,8,17H2,1-4H3,(H,18,20)(H,19,21). The number of aryl methyl sites for hydroxylation is 1. The van der Waals surface area contributed by atoms with E-state index in [9.17, 15) is 9.59 Å². The summed E-state index contributed by atoms with van der Waals surface area (Å²) in [6.45, 7) is 6.08. The molecule has 116 valence electrons. The maximum Gasteiger partial charge on any atom is 0.251 e. The molecule has 0 aliphatic heterocycles. The lowest BCUT2D eigenvalue weighted by Crippen LogP contribution is -2.36. The van der Waals surface area contributed by atoms with Gasteiger partial charge in [-0.25, -0.2) is 0 Å². The third-order valence-corrected chi connectivity index (χ3v) is 3.38. The Morgan fingerprint density at radius 2 is 1.90 bits per heavy atom. The maximum absolute atomic E-state index is 12.1. The highest BCUT2D eigenvalue weighted by Gasteiger charge is 2.15. The number of anilines is 1. The second-order valence-electron chi connectivity index (χ2n) is 5.68. The maximum atomic E-state index is 12.1. The van der Waals surface area contributed by atoms with Crippen LogP contribution in [0.2, 0.25) is 0 Å². The zero-order chi connectivity index (χ0) is 16.0. The van der Waals surface area contributed by atoms with Crippen molar-refractivity contribution >= 4 is 17.5 Å². The third-order valence-electron chi connectivity index (χ3n) is 3.38. The molecule has 4 N–H and O–H groups in total. The summed E-state index contributed by atoms with van der Waals surface area (Å²) in [7, 11) is 1.57. The van der Waals surface area contributed by atoms with Gasteiger partial charge in [0.2, 0.25) is 5.91 Å². The zero-order valence-corrected chi connectivity index (χ0v) is 13.2. The van der Waals surface area contributed by atoms with E-state index >= 15 is 0 Å². The second-order valence-corrected chi connectivity index (χ2v) is 5.68. The molecule has 2 amide bonds. The zero-order valence-electron chi connectivity index (χ0n) is 13.2. The van der Waals surface area contributed by atoms with Gasteiger partial charge in [-0.05, 0) is 43.4 Å². The molecule has 0 heterocycles. The first-order chi connectivity index (χ1) is 9.85. The van der Waals surface area contributed by atoms with Gasteiger partial charge in [0.25, 0.3) is 5.91 Å². The van der Waals surface area contributed by atoms with E-state index in [1.165, 1.54) is 0 Å². The fourth-order valence-corrected chi connectivity index (χ4v) is 1.91. The number of amides is 2. The lowest BCUT2D eigenvalue weighted by Gasteiger charge is -2.15. The normalized spacial score (nSPS) is 12.1. The van der Waals surface area contributed by atoms with E-state index in [0.29, 0.717) is 23.6 Å². The summed E-state index contributed by atoms with van der Waals surface area (Å²) < 4.78 is 0. The van der Waals surface area contributed by atoms with Gasteiger partial charge in [0.05, 0.1) is 6.04 Å². The summed E-state index contributed by atoms with van der Waals surface area (Å²) in [6.07, 6.45) is 1.56. The van der Waals surface area contributed by atoms with Crippen molar-refractivity contribution in [3.05, 3.63) is 29.3 Å². The van der Waals surface area contributed by atoms with E-state index < -0.39 is 6.04 Å². The predicted molar refractivity (Wildman–Crippen MR) is 85.2 cm³/mol. The van der Waals surface area contributed by atoms with Gasteiger partial charge >= 0.3 is 0 Å². The van der Waals surface area contributed by atoms with Crippen LogP contribution < -0.4 is 16.4 Å². The van der Waals surface area contributed by atoms with Crippen LogP contribution in [0.15, 0.2) is 18.2 Å². The molecular weight excluding hydrogens is 266 g/mol. The SMILES string of the molecule is CNC(=O)c1ccc(C)c(NC(=O)C(N)CCC(C)C)c1. The molecular formula is C16H25N3O2. The predicted octanol–water partition coefficient (Wildman–Crippen LogP) is 2.06. The number of hydrogen-bond acceptors (Lipinski definition) is 3. The number of hydrogen-bond donors (Lipinski definition) is 3. The molecule has 21 heavy (non-hydrogen) atoms. The van der Waals surface area contributed by atoms with Crippen LogP contribution in [0, 0.1) is 12.8 Å². The fourth-order valence-electron chi connectivity index (χ4n) is 1.91. The Kier molecular flexibility index (Phi) is 6.37. The molecule has 1 aromatic rings. The van der Waals surface area contributed by atoms with Crippen LogP contribution in [0.4, 0.5) is 5.69 Å². The topological polar surface area (TPSA) is 84.2 Å². The number of carbonyl (C=O) groups is 2. The number of nitrogens with two attached hydrogens (primary N) is 1. The van der Waals surface area contributed by atoms with Crippen LogP contribution in [-0.2, 0) is 4.79 Å². The first-order valence-electron chi connectivity index (χ1n) is 7.24. The van der Waals surface area contributed by atoms with Gasteiger partial charge in [-0.1, -0.05) is 19.9 Å². The van der Waals surface area contributed by atoms with Crippen LogP contribution in [0.5, 0.6) is 0 Å². The highest BCUT2D eigenvalue weighted by atomic mass is 16.2. The Hall–Kier alpha value is -1.88. The molecule has 1 unspecified atom stereocenters. The Bertz CT molecular complexity index is 512. The van der Waals surface area contributed by atoms with E-state index in [-0.39, 0.29) is 11.8 Å². The first kappa shape index (κ1) is 17.2. The highest BCUT2D eigenvalue weighted by molar-refractivity contribution is 5.99. The molecule has 5 heteroatoms. The van der Waals surface area contributed by atoms with Gasteiger partial charge in [0.1, 0.15) is 0 Å². The van der Waals surface area contributed by atoms with Gasteiger partial charge in [0.15, 0.2) is 0 Å². The first-order valence-corrected chi connectivity index (χ1v) is 7.24. The van der Waals surface area contributed by atoms with Crippen LogP contribution in [0.25, 0.3) is 0 Å². The summed E-state index contributed by atoms with van der Waals surface area (Å²) >= 11 is 0. The van der Waals surface area contributed by atoms with Gasteiger partial charge in [0, 0.05) is 18.3 Å². The number of carbonyl (C=O) groups excluding carboxylic acids is 2. The smallest absolute Gasteiger partial charge is 0.251 e. The largest absolute Gasteiger partial charge is 0.355 e. The number of benzene rings is 1. The summed E-state index contributed by atoms with van der Waals surface area (Å²) in [5.41, 5.74) is 7.93. The van der Waals surface area contributed by atoms with Crippen molar-refractivity contribution in [2.24, 2.45) is 11.7 Å². The minimum Gasteiger partial charge on any atom is -0.355 e. The Labute approximate surface area is 126 Å². The van der Waals surface area contributed by atoms with Crippen molar-refractivity contribution in [2.45, 2.75) is 39.7 Å². The van der Waals surface area contributed by atoms with Crippen molar-refractivity contribution in [1.82, 2.24) is 5.32 Å². The molecule has 5 nitrogen and oxygen atoms in total. The molecule has 1 aromatic carbocycles.